The minimum Gasteiger partial charge on any atom is -0.480 e. The lowest BCUT2D eigenvalue weighted by molar-refractivity contribution is -0.138. The Kier molecular flexibility index (Phi) is 2.66. The van der Waals surface area contributed by atoms with Gasteiger partial charge in [-0.15, -0.1) is 11.3 Å². The number of aliphatic carboxylic acids is 1. The highest BCUT2D eigenvalue weighted by Crippen LogP contribution is 2.36. The second-order valence-corrected chi connectivity index (χ2v) is 5.50. The predicted molar refractivity (Wildman–Crippen MR) is 69.9 cm³/mol. The lowest BCUT2D eigenvalue weighted by Crippen LogP contribution is -2.31. The van der Waals surface area contributed by atoms with Crippen molar-refractivity contribution in [1.82, 2.24) is 9.97 Å². The number of hydrogen-bond acceptors (Lipinski definition) is 5. The molecule has 1 unspecified atom stereocenters. The van der Waals surface area contributed by atoms with Crippen molar-refractivity contribution >= 4 is 33.3 Å². The third-order valence-electron chi connectivity index (χ3n) is 3.18. The van der Waals surface area contributed by atoms with Crippen LogP contribution in [-0.4, -0.2) is 27.1 Å². The van der Waals surface area contributed by atoms with Gasteiger partial charge >= 0.3 is 5.97 Å². The summed E-state index contributed by atoms with van der Waals surface area (Å²) in [4.78, 5) is 19.6. The van der Waals surface area contributed by atoms with E-state index in [1.807, 2.05) is 12.3 Å². The summed E-state index contributed by atoms with van der Waals surface area (Å²) >= 11 is 1.55. The first-order valence-corrected chi connectivity index (χ1v) is 6.73. The third kappa shape index (κ3) is 1.92. The van der Waals surface area contributed by atoms with E-state index in [1.54, 1.807) is 11.3 Å². The summed E-state index contributed by atoms with van der Waals surface area (Å²) in [5.41, 5.74) is 2.00. The number of carboxylic acid groups (broad SMARTS) is 1. The molecule has 94 valence electrons. The van der Waals surface area contributed by atoms with E-state index in [-0.39, 0.29) is 5.92 Å². The molecule has 1 aliphatic carbocycles. The first-order valence-electron chi connectivity index (χ1n) is 5.85. The van der Waals surface area contributed by atoms with Crippen LogP contribution >= 0.6 is 11.3 Å². The second kappa shape index (κ2) is 4.20. The summed E-state index contributed by atoms with van der Waals surface area (Å²) in [6, 6.07) is -0.537. The van der Waals surface area contributed by atoms with Crippen LogP contribution in [0.25, 0.3) is 10.2 Å². The third-order valence-corrected chi connectivity index (χ3v) is 4.28. The van der Waals surface area contributed by atoms with Gasteiger partial charge in [0.25, 0.3) is 0 Å². The number of nitrogens with zero attached hydrogens (tertiary/aromatic N) is 2. The van der Waals surface area contributed by atoms with Crippen molar-refractivity contribution < 1.29 is 9.90 Å². The van der Waals surface area contributed by atoms with Crippen LogP contribution in [0.4, 0.5) is 5.82 Å². The van der Waals surface area contributed by atoms with Crippen LogP contribution in [0.5, 0.6) is 0 Å². The predicted octanol–water partition coefficient (Wildman–Crippen LogP) is 2.27. The van der Waals surface area contributed by atoms with Gasteiger partial charge in [0.15, 0.2) is 0 Å². The lowest BCUT2D eigenvalue weighted by Gasteiger charge is -2.14. The van der Waals surface area contributed by atoms with Crippen LogP contribution in [0.15, 0.2) is 11.7 Å². The van der Waals surface area contributed by atoms with Gasteiger partial charge in [-0.05, 0) is 36.6 Å². The monoisotopic (exact) mass is 263 g/mol. The van der Waals surface area contributed by atoms with E-state index >= 15 is 0 Å². The fraction of sp³-hybridized carbons (Fsp3) is 0.417. The van der Waals surface area contributed by atoms with Crippen molar-refractivity contribution in [2.24, 2.45) is 5.92 Å². The number of nitrogens with one attached hydrogen (secondary N) is 1. The first-order chi connectivity index (χ1) is 8.66. The SMILES string of the molecule is Cc1csc2c(NC(C(=O)O)C3CC3)ncnc12. The van der Waals surface area contributed by atoms with Crippen LogP contribution < -0.4 is 5.32 Å². The molecule has 0 spiro atoms. The Hall–Kier alpha value is -1.69. The van der Waals surface area contributed by atoms with Crippen molar-refractivity contribution in [3.8, 4) is 0 Å². The van der Waals surface area contributed by atoms with Crippen molar-refractivity contribution in [2.75, 3.05) is 5.32 Å². The molecule has 1 saturated carbocycles. The molecule has 2 N–H and O–H groups in total. The molecule has 2 heterocycles. The van der Waals surface area contributed by atoms with E-state index in [1.165, 1.54) is 6.33 Å². The Labute approximate surface area is 108 Å². The first kappa shape index (κ1) is 11.4. The fourth-order valence-corrected chi connectivity index (χ4v) is 2.99. The minimum absolute atomic E-state index is 0.230. The van der Waals surface area contributed by atoms with Crippen LogP contribution in [0.1, 0.15) is 18.4 Å². The van der Waals surface area contributed by atoms with Gasteiger partial charge in [-0.25, -0.2) is 14.8 Å². The average molecular weight is 263 g/mol. The smallest absolute Gasteiger partial charge is 0.326 e. The van der Waals surface area contributed by atoms with E-state index < -0.39 is 12.0 Å². The molecule has 0 bridgehead atoms. The van der Waals surface area contributed by atoms with E-state index in [9.17, 15) is 9.90 Å². The van der Waals surface area contributed by atoms with Crippen LogP contribution in [0.2, 0.25) is 0 Å². The van der Waals surface area contributed by atoms with Crippen molar-refractivity contribution in [3.63, 3.8) is 0 Å². The zero-order chi connectivity index (χ0) is 12.7. The molecule has 0 aromatic carbocycles. The summed E-state index contributed by atoms with van der Waals surface area (Å²) in [5.74, 6) is 0.0588. The molecule has 18 heavy (non-hydrogen) atoms. The zero-order valence-electron chi connectivity index (χ0n) is 9.88. The Morgan fingerprint density at radius 1 is 1.56 bits per heavy atom. The largest absolute Gasteiger partial charge is 0.480 e. The molecule has 0 aliphatic heterocycles. The molecule has 1 atom stereocenters. The van der Waals surface area contributed by atoms with Gasteiger partial charge in [0, 0.05) is 0 Å². The molecule has 1 fully saturated rings. The molecular formula is C12H13N3O2S. The molecule has 0 saturated heterocycles. The maximum absolute atomic E-state index is 11.2. The number of hydrogen-bond donors (Lipinski definition) is 2. The van der Waals surface area contributed by atoms with Crippen molar-refractivity contribution in [1.29, 1.82) is 0 Å². The molecule has 0 radical (unpaired) electrons. The molecule has 6 heteroatoms. The highest BCUT2D eigenvalue weighted by atomic mass is 32.1. The van der Waals surface area contributed by atoms with E-state index in [0.717, 1.165) is 28.6 Å². The van der Waals surface area contributed by atoms with Crippen LogP contribution in [0.3, 0.4) is 0 Å². The number of thiophene rings is 1. The Morgan fingerprint density at radius 3 is 3.00 bits per heavy atom. The molecule has 5 nitrogen and oxygen atoms in total. The quantitative estimate of drug-likeness (QED) is 0.885. The summed E-state index contributed by atoms with van der Waals surface area (Å²) in [6.45, 7) is 1.99. The second-order valence-electron chi connectivity index (χ2n) is 4.62. The van der Waals surface area contributed by atoms with E-state index in [0.29, 0.717) is 5.82 Å². The Balaban J connectivity index is 1.96. The number of fused-ring (bicyclic) bond motifs is 1. The number of aryl methyl sites for hydroxylation is 1. The standard InChI is InChI=1S/C12H13N3O2S/c1-6-4-18-10-8(6)13-5-14-11(10)15-9(12(16)17)7-2-3-7/h4-5,7,9H,2-3H2,1H3,(H,16,17)(H,13,14,15). The number of rotatable bonds is 4. The van der Waals surface area contributed by atoms with Gasteiger partial charge in [0.1, 0.15) is 18.2 Å². The lowest BCUT2D eigenvalue weighted by atomic mass is 10.2. The summed E-state index contributed by atoms with van der Waals surface area (Å²) in [5, 5.41) is 14.3. The van der Waals surface area contributed by atoms with E-state index in [2.05, 4.69) is 15.3 Å². The molecule has 3 rings (SSSR count). The minimum atomic E-state index is -0.808. The number of anilines is 1. The highest BCUT2D eigenvalue weighted by Gasteiger charge is 2.36. The average Bonchev–Trinajstić information content (AvgIpc) is 3.11. The topological polar surface area (TPSA) is 75.1 Å². The van der Waals surface area contributed by atoms with Crippen molar-refractivity contribution in [3.05, 3.63) is 17.3 Å². The Morgan fingerprint density at radius 2 is 2.33 bits per heavy atom. The number of carboxylic acids is 1. The molecule has 1 aliphatic rings. The van der Waals surface area contributed by atoms with Gasteiger partial charge in [0.2, 0.25) is 0 Å². The van der Waals surface area contributed by atoms with Crippen LogP contribution in [0, 0.1) is 12.8 Å². The van der Waals surface area contributed by atoms with Gasteiger partial charge in [0.05, 0.1) is 10.2 Å². The van der Waals surface area contributed by atoms with Gasteiger partial charge in [-0.2, -0.15) is 0 Å². The molecular weight excluding hydrogens is 250 g/mol. The van der Waals surface area contributed by atoms with Gasteiger partial charge in [-0.1, -0.05) is 0 Å². The van der Waals surface area contributed by atoms with Gasteiger partial charge in [-0.3, -0.25) is 0 Å². The normalized spacial score (nSPS) is 16.7. The Bertz CT molecular complexity index is 606. The van der Waals surface area contributed by atoms with Crippen molar-refractivity contribution in [2.45, 2.75) is 25.8 Å². The molecule has 2 aromatic rings. The zero-order valence-corrected chi connectivity index (χ0v) is 10.7. The number of carbonyl (C=O) groups is 1. The molecule has 2 aromatic heterocycles. The maximum atomic E-state index is 11.2. The fourth-order valence-electron chi connectivity index (χ4n) is 2.03. The number of aromatic nitrogens is 2. The van der Waals surface area contributed by atoms with Crippen LogP contribution in [-0.2, 0) is 4.79 Å². The summed E-state index contributed by atoms with van der Waals surface area (Å²) < 4.78 is 0.932. The van der Waals surface area contributed by atoms with E-state index in [4.69, 9.17) is 0 Å². The highest BCUT2D eigenvalue weighted by molar-refractivity contribution is 7.18. The summed E-state index contributed by atoms with van der Waals surface area (Å²) in [6.07, 6.45) is 3.43. The summed E-state index contributed by atoms with van der Waals surface area (Å²) in [7, 11) is 0. The van der Waals surface area contributed by atoms with Gasteiger partial charge < -0.3 is 10.4 Å². The maximum Gasteiger partial charge on any atom is 0.326 e. The molecule has 0 amide bonds.